The van der Waals surface area contributed by atoms with E-state index >= 15 is 0 Å². The van der Waals surface area contributed by atoms with Gasteiger partial charge in [-0.2, -0.15) is 11.8 Å². The van der Waals surface area contributed by atoms with E-state index in [1.807, 2.05) is 35.9 Å². The molecular weight excluding hydrogens is 358 g/mol. The number of ether oxygens (including phenoxy) is 1. The third kappa shape index (κ3) is 5.86. The van der Waals surface area contributed by atoms with Gasteiger partial charge in [-0.05, 0) is 30.6 Å². The molecule has 0 amide bonds. The van der Waals surface area contributed by atoms with Crippen LogP contribution in [0.1, 0.15) is 18.5 Å². The van der Waals surface area contributed by atoms with Crippen molar-refractivity contribution < 1.29 is 19.4 Å². The van der Waals surface area contributed by atoms with E-state index < -0.39 is 11.9 Å². The summed E-state index contributed by atoms with van der Waals surface area (Å²) in [5, 5.41) is 11.9. The van der Waals surface area contributed by atoms with Crippen LogP contribution in [-0.2, 0) is 16.0 Å². The number of aromatic nitrogens is 1. The monoisotopic (exact) mass is 379 g/mol. The van der Waals surface area contributed by atoms with Gasteiger partial charge in [-0.25, -0.2) is 4.98 Å². The van der Waals surface area contributed by atoms with E-state index in [0.717, 1.165) is 22.1 Å². The summed E-state index contributed by atoms with van der Waals surface area (Å²) < 4.78 is 5.21. The van der Waals surface area contributed by atoms with E-state index in [1.165, 1.54) is 11.3 Å². The average Bonchev–Trinajstić information content (AvgIpc) is 3.06. The van der Waals surface area contributed by atoms with Crippen molar-refractivity contribution in [2.75, 3.05) is 19.1 Å². The Balaban J connectivity index is 2.00. The third-order valence-electron chi connectivity index (χ3n) is 3.74. The first-order chi connectivity index (χ1) is 12.0. The molecule has 1 aromatic carbocycles. The molecule has 25 heavy (non-hydrogen) atoms. The number of methoxy groups -OCH3 is 1. The summed E-state index contributed by atoms with van der Waals surface area (Å²) in [6.45, 7) is 0. The molecule has 0 fully saturated rings. The van der Waals surface area contributed by atoms with Crippen LogP contribution in [0.3, 0.4) is 0 Å². The first-order valence-corrected chi connectivity index (χ1v) is 10.1. The van der Waals surface area contributed by atoms with Crippen LogP contribution < -0.4 is 4.74 Å². The molecule has 0 unspecified atom stereocenters. The summed E-state index contributed by atoms with van der Waals surface area (Å²) in [5.74, 6) is -0.116. The molecule has 134 valence electrons. The normalized spacial score (nSPS) is 11.9. The number of hydrogen-bond donors (Lipinski definition) is 1. The van der Waals surface area contributed by atoms with E-state index in [9.17, 15) is 14.7 Å². The van der Waals surface area contributed by atoms with E-state index in [4.69, 9.17) is 4.74 Å². The number of rotatable bonds is 10. The van der Waals surface area contributed by atoms with Gasteiger partial charge in [0.25, 0.3) is 0 Å². The molecule has 2 aromatic rings. The summed E-state index contributed by atoms with van der Waals surface area (Å²) in [6.07, 6.45) is 2.66. The second kappa shape index (κ2) is 9.58. The maximum Gasteiger partial charge on any atom is 0.306 e. The lowest BCUT2D eigenvalue weighted by Gasteiger charge is -2.10. The van der Waals surface area contributed by atoms with Crippen LogP contribution >= 0.6 is 23.1 Å². The minimum Gasteiger partial charge on any atom is -0.497 e. The Morgan fingerprint density at radius 1 is 1.40 bits per heavy atom. The van der Waals surface area contributed by atoms with Crippen molar-refractivity contribution in [3.05, 3.63) is 35.3 Å². The quantitative estimate of drug-likeness (QED) is 0.677. The Labute approximate surface area is 155 Å². The molecular formula is C18H21NO4S2. The van der Waals surface area contributed by atoms with Crippen LogP contribution in [0, 0.1) is 5.92 Å². The first-order valence-electron chi connectivity index (χ1n) is 7.85. The van der Waals surface area contributed by atoms with Crippen molar-refractivity contribution in [3.63, 3.8) is 0 Å². The molecule has 7 heteroatoms. The highest BCUT2D eigenvalue weighted by Gasteiger charge is 2.21. The van der Waals surface area contributed by atoms with Gasteiger partial charge in [-0.1, -0.05) is 12.1 Å². The standard InChI is InChI=1S/C18H21NO4S2/c1-23-16-5-3-4-12(9-16)17-19-14(11-25-17)10-15(20)8-13(18(21)22)6-7-24-2/h3-5,9,11,13H,6-8,10H2,1-2H3,(H,21,22)/t13-/m1/s1. The van der Waals surface area contributed by atoms with Crippen molar-refractivity contribution in [3.8, 4) is 16.3 Å². The number of nitrogens with zero attached hydrogens (tertiary/aromatic N) is 1. The van der Waals surface area contributed by atoms with E-state index in [0.29, 0.717) is 12.1 Å². The molecule has 1 atom stereocenters. The van der Waals surface area contributed by atoms with Crippen molar-refractivity contribution in [2.45, 2.75) is 19.3 Å². The highest BCUT2D eigenvalue weighted by molar-refractivity contribution is 7.98. The number of carboxylic acid groups (broad SMARTS) is 1. The minimum atomic E-state index is -0.905. The Bertz CT molecular complexity index is 729. The second-order valence-corrected chi connectivity index (χ2v) is 7.46. The van der Waals surface area contributed by atoms with E-state index in [-0.39, 0.29) is 18.6 Å². The van der Waals surface area contributed by atoms with Crippen LogP contribution in [0.25, 0.3) is 10.6 Å². The largest absolute Gasteiger partial charge is 0.497 e. The van der Waals surface area contributed by atoms with Gasteiger partial charge in [0.05, 0.1) is 18.7 Å². The predicted molar refractivity (Wildman–Crippen MR) is 102 cm³/mol. The van der Waals surface area contributed by atoms with Crippen LogP contribution in [0.15, 0.2) is 29.6 Å². The number of thioether (sulfide) groups is 1. The Hall–Kier alpha value is -1.86. The summed E-state index contributed by atoms with van der Waals surface area (Å²) in [6, 6.07) is 7.59. The second-order valence-electron chi connectivity index (χ2n) is 5.61. The highest BCUT2D eigenvalue weighted by atomic mass is 32.2. The molecule has 0 saturated heterocycles. The summed E-state index contributed by atoms with van der Waals surface area (Å²) in [7, 11) is 1.61. The topological polar surface area (TPSA) is 76.5 Å². The van der Waals surface area contributed by atoms with Gasteiger partial charge < -0.3 is 9.84 Å². The van der Waals surface area contributed by atoms with Gasteiger partial charge in [-0.15, -0.1) is 11.3 Å². The number of benzene rings is 1. The molecule has 0 aliphatic rings. The molecule has 0 aliphatic heterocycles. The average molecular weight is 380 g/mol. The van der Waals surface area contributed by atoms with Crippen LogP contribution in [-0.4, -0.2) is 41.0 Å². The van der Waals surface area contributed by atoms with Crippen molar-refractivity contribution in [1.82, 2.24) is 4.98 Å². The number of hydrogen-bond acceptors (Lipinski definition) is 6. The lowest BCUT2D eigenvalue weighted by Crippen LogP contribution is -2.19. The third-order valence-corrected chi connectivity index (χ3v) is 5.32. The highest BCUT2D eigenvalue weighted by Crippen LogP contribution is 2.27. The van der Waals surface area contributed by atoms with Gasteiger partial charge in [0, 0.05) is 23.8 Å². The minimum absolute atomic E-state index is 0.0575. The number of carboxylic acids is 1. The number of carbonyl (C=O) groups is 2. The fourth-order valence-corrected chi connectivity index (χ4v) is 3.74. The van der Waals surface area contributed by atoms with Gasteiger partial charge in [0.2, 0.25) is 0 Å². The van der Waals surface area contributed by atoms with Gasteiger partial charge in [-0.3, -0.25) is 9.59 Å². The molecule has 0 aliphatic carbocycles. The molecule has 1 aromatic heterocycles. The van der Waals surface area contributed by atoms with Gasteiger partial charge in [0.1, 0.15) is 16.5 Å². The summed E-state index contributed by atoms with van der Waals surface area (Å²) in [4.78, 5) is 28.0. The Morgan fingerprint density at radius 3 is 2.88 bits per heavy atom. The van der Waals surface area contributed by atoms with Crippen LogP contribution in [0.2, 0.25) is 0 Å². The summed E-state index contributed by atoms with van der Waals surface area (Å²) in [5.41, 5.74) is 1.62. The smallest absolute Gasteiger partial charge is 0.306 e. The SMILES string of the molecule is COc1cccc(-c2nc(CC(=O)C[C@@H](CCSC)C(=O)O)cs2)c1. The molecule has 0 radical (unpaired) electrons. The molecule has 0 saturated carbocycles. The van der Waals surface area contributed by atoms with Crippen molar-refractivity contribution >= 4 is 34.9 Å². The van der Waals surface area contributed by atoms with Crippen molar-refractivity contribution in [1.29, 1.82) is 0 Å². The number of Topliss-reactive ketones (excluding diaryl/α,β-unsaturated/α-hetero) is 1. The number of aliphatic carboxylic acids is 1. The number of carbonyl (C=O) groups excluding carboxylic acids is 1. The number of thiazole rings is 1. The molecule has 0 spiro atoms. The molecule has 2 rings (SSSR count). The first kappa shape index (κ1) is 19.5. The zero-order valence-electron chi connectivity index (χ0n) is 14.2. The van der Waals surface area contributed by atoms with E-state index in [1.54, 1.807) is 18.9 Å². The zero-order valence-corrected chi connectivity index (χ0v) is 15.9. The lowest BCUT2D eigenvalue weighted by molar-refractivity contribution is -0.143. The van der Waals surface area contributed by atoms with E-state index in [2.05, 4.69) is 4.98 Å². The van der Waals surface area contributed by atoms with Crippen molar-refractivity contribution in [2.24, 2.45) is 5.92 Å². The molecule has 1 heterocycles. The predicted octanol–water partition coefficient (Wildman–Crippen LogP) is 3.77. The Morgan fingerprint density at radius 2 is 2.20 bits per heavy atom. The van der Waals surface area contributed by atoms with Crippen LogP contribution in [0.5, 0.6) is 5.75 Å². The molecule has 0 bridgehead atoms. The Kier molecular flexibility index (Phi) is 7.46. The fraction of sp³-hybridized carbons (Fsp3) is 0.389. The zero-order chi connectivity index (χ0) is 18.2. The fourth-order valence-electron chi connectivity index (χ4n) is 2.40. The molecule has 5 nitrogen and oxygen atoms in total. The maximum absolute atomic E-state index is 12.2. The summed E-state index contributed by atoms with van der Waals surface area (Å²) >= 11 is 3.05. The number of ketones is 1. The van der Waals surface area contributed by atoms with Gasteiger partial charge >= 0.3 is 5.97 Å². The lowest BCUT2D eigenvalue weighted by atomic mass is 9.98. The maximum atomic E-state index is 12.2. The molecule has 1 N–H and O–H groups in total. The van der Waals surface area contributed by atoms with Gasteiger partial charge in [0.15, 0.2) is 0 Å². The van der Waals surface area contributed by atoms with Crippen LogP contribution in [0.4, 0.5) is 0 Å².